The van der Waals surface area contributed by atoms with E-state index in [1.165, 1.54) is 48.7 Å². The van der Waals surface area contributed by atoms with Crippen LogP contribution in [0.3, 0.4) is 0 Å². The minimum absolute atomic E-state index is 0.0409. The number of hydrogen-bond donors (Lipinski definition) is 7. The minimum Gasteiger partial charge on any atom is -0.508 e. The summed E-state index contributed by atoms with van der Waals surface area (Å²) in [7, 11) is 1.76. The summed E-state index contributed by atoms with van der Waals surface area (Å²) in [6.07, 6.45) is 9.34. The number of hydrogen-bond acceptors (Lipinski definition) is 20. The van der Waals surface area contributed by atoms with E-state index in [0.29, 0.717) is 62.2 Å². The highest BCUT2D eigenvalue weighted by Crippen LogP contribution is 2.24. The average Bonchev–Trinajstić information content (AvgIpc) is 0.889. The summed E-state index contributed by atoms with van der Waals surface area (Å²) < 4.78 is 56.8. The molecule has 2 atom stereocenters. The summed E-state index contributed by atoms with van der Waals surface area (Å²) >= 11 is 3.33. The Hall–Kier alpha value is -10.9. The van der Waals surface area contributed by atoms with Crippen molar-refractivity contribution < 1.29 is 52.0 Å². The van der Waals surface area contributed by atoms with Crippen LogP contribution in [0.4, 0.5) is 24.9 Å². The van der Waals surface area contributed by atoms with Gasteiger partial charge in [0.15, 0.2) is 0 Å². The van der Waals surface area contributed by atoms with Crippen molar-refractivity contribution >= 4 is 78.2 Å². The van der Waals surface area contributed by atoms with Gasteiger partial charge in [0, 0.05) is 90.7 Å². The smallest absolute Gasteiger partial charge is 0.306 e. The number of carbonyl (C=O) groups excluding carboxylic acids is 3. The third-order valence-corrected chi connectivity index (χ3v) is 13.7. The first kappa shape index (κ1) is 74.1. The molecule has 0 spiro atoms. The molecule has 0 aliphatic heterocycles. The lowest BCUT2D eigenvalue weighted by atomic mass is 10.1. The number of pyridine rings is 3. The van der Waals surface area contributed by atoms with Gasteiger partial charge in [-0.3, -0.25) is 19.4 Å². The number of aryl methyl sites for hydroxylation is 1. The van der Waals surface area contributed by atoms with Crippen LogP contribution in [-0.2, 0) is 16.0 Å². The SMILES string of the molecule is CC(C)(C)OC(=O)CCCO.CCc1ncc2cc(OCCN)ccc2n1.CNc1ncc2cc(OCCNc3ncc(C#N)cc3C(=O)N[C@@H](C)c3ccc(F)cc3)ccc2n1.C[C@H](NC(=O)c1cc(C#N)cnc1F)c1ccc(F)cc1.Oc1ccc2cc(Br)cnc2c1. The average molecular weight is 1370 g/mol. The van der Waals surface area contributed by atoms with E-state index in [4.69, 9.17) is 35.4 Å². The summed E-state index contributed by atoms with van der Waals surface area (Å²) in [5.41, 5.74) is 9.22. The number of fused-ring (bicyclic) bond motifs is 3. The lowest BCUT2D eigenvalue weighted by Gasteiger charge is -2.19. The van der Waals surface area contributed by atoms with E-state index in [2.05, 4.69) is 72.1 Å². The highest BCUT2D eigenvalue weighted by Gasteiger charge is 2.20. The van der Waals surface area contributed by atoms with E-state index >= 15 is 0 Å². The summed E-state index contributed by atoms with van der Waals surface area (Å²) in [6, 6.07) is 35.5. The zero-order valence-electron chi connectivity index (χ0n) is 53.7. The van der Waals surface area contributed by atoms with Gasteiger partial charge in [0.2, 0.25) is 11.9 Å². The molecule has 10 rings (SSSR count). The monoisotopic (exact) mass is 1370 g/mol. The van der Waals surface area contributed by atoms with Crippen LogP contribution in [0.15, 0.2) is 157 Å². The molecular formula is C70H72BrF3N14O8. The van der Waals surface area contributed by atoms with Crippen LogP contribution in [0.1, 0.15) is 115 Å². The summed E-state index contributed by atoms with van der Waals surface area (Å²) in [5, 5.41) is 49.9. The number of nitrogens with zero attached hydrogens (tertiary/aromatic N) is 9. The Kier molecular flexibility index (Phi) is 28.6. The van der Waals surface area contributed by atoms with Crippen molar-refractivity contribution in [3.05, 3.63) is 214 Å². The minimum atomic E-state index is -0.946. The Morgan fingerprint density at radius 1 is 0.656 bits per heavy atom. The molecule has 10 aromatic rings. The number of aliphatic hydroxyl groups is 1. The van der Waals surface area contributed by atoms with Gasteiger partial charge in [-0.15, -0.1) is 0 Å². The van der Waals surface area contributed by atoms with Crippen molar-refractivity contribution in [2.24, 2.45) is 5.73 Å². The second-order valence-electron chi connectivity index (χ2n) is 21.8. The number of phenols is 1. The van der Waals surface area contributed by atoms with Crippen LogP contribution in [0, 0.1) is 40.2 Å². The van der Waals surface area contributed by atoms with Crippen LogP contribution in [0.5, 0.6) is 17.2 Å². The first-order valence-electron chi connectivity index (χ1n) is 30.1. The number of ether oxygens (including phenoxy) is 3. The number of amides is 2. The van der Waals surface area contributed by atoms with Gasteiger partial charge in [-0.25, -0.2) is 38.7 Å². The zero-order chi connectivity index (χ0) is 69.7. The fraction of sp³-hybridized carbons (Fsp3) is 0.257. The molecule has 0 saturated heterocycles. The molecule has 498 valence electrons. The van der Waals surface area contributed by atoms with Gasteiger partial charge in [-0.1, -0.05) is 31.2 Å². The second kappa shape index (κ2) is 37.1. The summed E-state index contributed by atoms with van der Waals surface area (Å²) in [5.74, 6) is 0.435. The largest absolute Gasteiger partial charge is 0.508 e. The number of aliphatic hydroxyl groups excluding tert-OH is 1. The van der Waals surface area contributed by atoms with Crippen molar-refractivity contribution in [1.82, 2.24) is 45.5 Å². The first-order valence-corrected chi connectivity index (χ1v) is 30.9. The van der Waals surface area contributed by atoms with Crippen LogP contribution >= 0.6 is 15.9 Å². The maximum atomic E-state index is 13.5. The third-order valence-electron chi connectivity index (χ3n) is 13.2. The fourth-order valence-corrected chi connectivity index (χ4v) is 8.82. The molecule has 0 aliphatic carbocycles. The number of nitriles is 2. The van der Waals surface area contributed by atoms with Crippen LogP contribution in [0.25, 0.3) is 32.7 Å². The highest BCUT2D eigenvalue weighted by molar-refractivity contribution is 9.10. The van der Waals surface area contributed by atoms with Crippen LogP contribution in [0.2, 0.25) is 0 Å². The predicted octanol–water partition coefficient (Wildman–Crippen LogP) is 12.1. The molecule has 22 nitrogen and oxygen atoms in total. The number of aromatic nitrogens is 7. The number of phenolic OH excluding ortho intramolecular Hbond substituents is 1. The van der Waals surface area contributed by atoms with E-state index in [1.807, 2.05) is 88.5 Å². The maximum absolute atomic E-state index is 13.5. The molecule has 0 aliphatic rings. The quantitative estimate of drug-likeness (QED) is 0.0225. The predicted molar refractivity (Wildman–Crippen MR) is 362 cm³/mol. The van der Waals surface area contributed by atoms with Crippen molar-refractivity contribution in [1.29, 1.82) is 10.5 Å². The Morgan fingerprint density at radius 3 is 1.78 bits per heavy atom. The number of anilines is 2. The van der Waals surface area contributed by atoms with E-state index in [9.17, 15) is 32.8 Å². The number of rotatable bonds is 19. The number of carbonyl (C=O) groups is 3. The van der Waals surface area contributed by atoms with Crippen LogP contribution < -0.4 is 36.5 Å². The number of nitrogens with one attached hydrogen (secondary N) is 4. The lowest BCUT2D eigenvalue weighted by Crippen LogP contribution is -2.28. The second-order valence-corrected chi connectivity index (χ2v) is 22.7. The zero-order valence-corrected chi connectivity index (χ0v) is 55.3. The number of halogens is 4. The van der Waals surface area contributed by atoms with E-state index < -0.39 is 29.4 Å². The Morgan fingerprint density at radius 2 is 1.22 bits per heavy atom. The third kappa shape index (κ3) is 23.9. The van der Waals surface area contributed by atoms with E-state index in [1.54, 1.807) is 63.6 Å². The van der Waals surface area contributed by atoms with Gasteiger partial charge in [-0.05, 0) is 159 Å². The number of esters is 1. The van der Waals surface area contributed by atoms with Gasteiger partial charge < -0.3 is 51.4 Å². The molecule has 0 unspecified atom stereocenters. The molecule has 0 fully saturated rings. The molecule has 2 amide bonds. The number of benzene rings is 5. The number of nitrogens with two attached hydrogens (primary N) is 1. The molecule has 0 saturated carbocycles. The molecule has 5 aromatic heterocycles. The van der Waals surface area contributed by atoms with Gasteiger partial charge in [-0.2, -0.15) is 14.9 Å². The van der Waals surface area contributed by atoms with Crippen molar-refractivity contribution in [2.45, 2.75) is 78.5 Å². The summed E-state index contributed by atoms with van der Waals surface area (Å²) in [6.45, 7) is 12.7. The molecule has 5 aromatic carbocycles. The van der Waals surface area contributed by atoms with Gasteiger partial charge in [0.05, 0.1) is 57.4 Å². The highest BCUT2D eigenvalue weighted by atomic mass is 79.9. The maximum Gasteiger partial charge on any atom is 0.306 e. The Balaban J connectivity index is 0.000000206. The van der Waals surface area contributed by atoms with E-state index in [0.717, 1.165) is 73.0 Å². The standard InChI is InChI=1S/C26H24FN7O2.C15H11F2N3O.C12H15N3O.C9H6BrNO.C8H16O3/c1-16(18-3-5-20(27)6-4-18)33-25(35)22-11-17(13-28)14-31-24(22)30-9-10-36-21-7-8-23-19(12-21)15-32-26(29-2)34-23;1-9(11-2-4-12(16)5-3-11)20-15(21)13-6-10(7-18)8-19-14(13)17;1-2-12-14-8-9-7-10(16-6-5-13)3-4-11(9)15-12;10-7-3-6-1-2-8(12)4-9(6)11-5-7;1-8(2,3)11-7(10)5-4-6-9/h3-8,11-12,14-16H,9-10H2,1-2H3,(H,30,31)(H,33,35)(H,29,32,34);2-6,8-9H,1H3,(H,20,21);3-4,7-8H,2,5-6,13H2,1H3;1-5,12H;9H,4-6H2,1-3H3/t16-;9-;;;/m00.../s1. The Bertz CT molecular complexity index is 4290. The van der Waals surface area contributed by atoms with Gasteiger partial charge in [0.25, 0.3) is 11.8 Å². The van der Waals surface area contributed by atoms with Crippen molar-refractivity contribution in [3.63, 3.8) is 0 Å². The first-order chi connectivity index (χ1) is 46.0. The lowest BCUT2D eigenvalue weighted by molar-refractivity contribution is -0.155. The molecule has 96 heavy (non-hydrogen) atoms. The van der Waals surface area contributed by atoms with Crippen LogP contribution in [-0.4, -0.2) is 108 Å². The molecule has 5 heterocycles. The molecule has 0 bridgehead atoms. The molecule has 0 radical (unpaired) electrons. The summed E-state index contributed by atoms with van der Waals surface area (Å²) in [4.78, 5) is 64.9. The normalized spacial score (nSPS) is 11.2. The molecule has 8 N–H and O–H groups in total. The Labute approximate surface area is 561 Å². The van der Waals surface area contributed by atoms with Crippen molar-refractivity contribution in [3.8, 4) is 29.4 Å². The van der Waals surface area contributed by atoms with Crippen molar-refractivity contribution in [2.75, 3.05) is 50.6 Å². The van der Waals surface area contributed by atoms with Gasteiger partial charge >= 0.3 is 5.97 Å². The van der Waals surface area contributed by atoms with E-state index in [-0.39, 0.29) is 58.3 Å². The molecule has 26 heteroatoms. The molecular weight excluding hydrogens is 1300 g/mol. The topological polar surface area (TPSA) is 331 Å². The van der Waals surface area contributed by atoms with Gasteiger partial charge in [0.1, 0.15) is 71.5 Å². The number of aromatic hydroxyl groups is 1. The fourth-order valence-electron chi connectivity index (χ4n) is 8.47.